The predicted octanol–water partition coefficient (Wildman–Crippen LogP) is 2.95. The van der Waals surface area contributed by atoms with E-state index in [0.29, 0.717) is 11.7 Å². The number of thioether (sulfide) groups is 1. The lowest BCUT2D eigenvalue weighted by Crippen LogP contribution is -2.27. The van der Waals surface area contributed by atoms with E-state index in [2.05, 4.69) is 20.5 Å². The van der Waals surface area contributed by atoms with Crippen molar-refractivity contribution in [3.05, 3.63) is 78.1 Å². The number of rotatable bonds is 6. The highest BCUT2D eigenvalue weighted by molar-refractivity contribution is 8.00. The van der Waals surface area contributed by atoms with E-state index in [1.165, 1.54) is 18.1 Å². The van der Waals surface area contributed by atoms with Crippen molar-refractivity contribution >= 4 is 17.7 Å². The fourth-order valence-electron chi connectivity index (χ4n) is 2.14. The summed E-state index contributed by atoms with van der Waals surface area (Å²) in [6.07, 6.45) is 1.44. The Morgan fingerprint density at radius 3 is 2.43 bits per heavy atom. The van der Waals surface area contributed by atoms with E-state index in [9.17, 15) is 4.79 Å². The molecule has 0 aliphatic heterocycles. The summed E-state index contributed by atoms with van der Waals surface area (Å²) in [6.45, 7) is 0.500. The number of benzene rings is 2. The van der Waals surface area contributed by atoms with E-state index in [1.54, 1.807) is 0 Å². The molecule has 0 saturated carbocycles. The van der Waals surface area contributed by atoms with Crippen LogP contribution < -0.4 is 5.32 Å². The summed E-state index contributed by atoms with van der Waals surface area (Å²) in [5.74, 6) is -0.0542. The highest BCUT2D eigenvalue weighted by Crippen LogP contribution is 2.33. The van der Waals surface area contributed by atoms with E-state index < -0.39 is 0 Å². The Hall–Kier alpha value is -2.60. The van der Waals surface area contributed by atoms with Crippen molar-refractivity contribution in [2.24, 2.45) is 0 Å². The number of carbonyl (C=O) groups excluding carboxylic acids is 1. The van der Waals surface area contributed by atoms with Crippen molar-refractivity contribution in [3.8, 4) is 0 Å². The van der Waals surface area contributed by atoms with Gasteiger partial charge in [-0.05, 0) is 11.1 Å². The van der Waals surface area contributed by atoms with E-state index in [0.717, 1.165) is 11.1 Å². The van der Waals surface area contributed by atoms with Crippen LogP contribution in [-0.2, 0) is 11.3 Å². The second-order valence-electron chi connectivity index (χ2n) is 4.90. The van der Waals surface area contributed by atoms with Crippen molar-refractivity contribution in [1.82, 2.24) is 20.5 Å². The number of aromatic nitrogens is 3. The summed E-state index contributed by atoms with van der Waals surface area (Å²) in [4.78, 5) is 16.7. The van der Waals surface area contributed by atoms with Crippen LogP contribution in [0, 0.1) is 0 Å². The maximum atomic E-state index is 12.6. The Labute approximate surface area is 138 Å². The molecule has 0 unspecified atom stereocenters. The van der Waals surface area contributed by atoms with Crippen LogP contribution in [-0.4, -0.2) is 21.1 Å². The lowest BCUT2D eigenvalue weighted by atomic mass is 10.1. The molecule has 1 atom stereocenters. The number of hydrogen-bond donors (Lipinski definition) is 2. The van der Waals surface area contributed by atoms with Crippen molar-refractivity contribution in [3.63, 3.8) is 0 Å². The molecule has 6 heteroatoms. The molecule has 3 rings (SSSR count). The summed E-state index contributed by atoms with van der Waals surface area (Å²) >= 11 is 1.35. The zero-order chi connectivity index (χ0) is 15.9. The lowest BCUT2D eigenvalue weighted by Gasteiger charge is -2.15. The number of nitrogens with one attached hydrogen (secondary N) is 2. The Balaban J connectivity index is 1.73. The van der Waals surface area contributed by atoms with Gasteiger partial charge in [-0.15, -0.1) is 0 Å². The molecule has 0 radical (unpaired) electrons. The van der Waals surface area contributed by atoms with Gasteiger partial charge in [-0.25, -0.2) is 4.98 Å². The highest BCUT2D eigenvalue weighted by Gasteiger charge is 2.22. The number of amides is 1. The molecule has 2 N–H and O–H groups in total. The molecule has 1 heterocycles. The summed E-state index contributed by atoms with van der Waals surface area (Å²) in [5.41, 5.74) is 2.00. The number of nitrogens with zero attached hydrogens (tertiary/aromatic N) is 2. The Morgan fingerprint density at radius 2 is 1.78 bits per heavy atom. The van der Waals surface area contributed by atoms with Crippen molar-refractivity contribution in [1.29, 1.82) is 0 Å². The molecule has 1 aromatic heterocycles. The Kier molecular flexibility index (Phi) is 5.06. The molecule has 5 nitrogen and oxygen atoms in total. The van der Waals surface area contributed by atoms with Gasteiger partial charge in [0.05, 0.1) is 0 Å². The molecule has 2 aromatic carbocycles. The molecule has 3 aromatic rings. The zero-order valence-corrected chi connectivity index (χ0v) is 13.2. The second-order valence-corrected chi connectivity index (χ2v) is 6.00. The number of hydrogen-bond acceptors (Lipinski definition) is 4. The van der Waals surface area contributed by atoms with Crippen molar-refractivity contribution in [2.45, 2.75) is 17.0 Å². The fraction of sp³-hybridized carbons (Fsp3) is 0.118. The molecule has 0 aliphatic carbocycles. The van der Waals surface area contributed by atoms with E-state index in [4.69, 9.17) is 0 Å². The predicted molar refractivity (Wildman–Crippen MR) is 89.7 cm³/mol. The Bertz CT molecular complexity index is 732. The highest BCUT2D eigenvalue weighted by atomic mass is 32.2. The molecule has 1 amide bonds. The largest absolute Gasteiger partial charge is 0.351 e. The standard InChI is InChI=1S/C17H16N4OS/c22-16(18-11-13-7-3-1-4-8-13)15(14-9-5-2-6-10-14)23-17-19-12-20-21-17/h1-10,12,15H,11H2,(H,18,22)(H,19,20,21)/t15-/m1/s1. The van der Waals surface area contributed by atoms with Gasteiger partial charge in [-0.2, -0.15) is 5.10 Å². The van der Waals surface area contributed by atoms with Crippen molar-refractivity contribution < 1.29 is 4.79 Å². The number of carbonyl (C=O) groups is 1. The molecular weight excluding hydrogens is 308 g/mol. The third-order valence-electron chi connectivity index (χ3n) is 3.27. The molecule has 0 aliphatic rings. The first-order valence-electron chi connectivity index (χ1n) is 7.21. The minimum atomic E-state index is -0.382. The van der Waals surface area contributed by atoms with Gasteiger partial charge < -0.3 is 5.32 Å². The average molecular weight is 324 g/mol. The molecule has 23 heavy (non-hydrogen) atoms. The van der Waals surface area contributed by atoms with E-state index in [1.807, 2.05) is 60.7 Å². The van der Waals surface area contributed by atoms with Crippen LogP contribution in [0.4, 0.5) is 0 Å². The van der Waals surface area contributed by atoms with Gasteiger partial charge in [-0.1, -0.05) is 72.4 Å². The molecule has 0 spiro atoms. The average Bonchev–Trinajstić information content (AvgIpc) is 3.12. The van der Waals surface area contributed by atoms with E-state index in [-0.39, 0.29) is 11.2 Å². The smallest absolute Gasteiger partial charge is 0.238 e. The summed E-state index contributed by atoms with van der Waals surface area (Å²) in [6, 6.07) is 19.5. The van der Waals surface area contributed by atoms with Crippen molar-refractivity contribution in [2.75, 3.05) is 0 Å². The molecule has 0 bridgehead atoms. The van der Waals surface area contributed by atoms with Gasteiger partial charge in [0.2, 0.25) is 5.91 Å². The third kappa shape index (κ3) is 4.20. The maximum Gasteiger partial charge on any atom is 0.238 e. The summed E-state index contributed by atoms with van der Waals surface area (Å²) < 4.78 is 0. The topological polar surface area (TPSA) is 70.7 Å². The first-order valence-corrected chi connectivity index (χ1v) is 8.09. The summed E-state index contributed by atoms with van der Waals surface area (Å²) in [7, 11) is 0. The minimum absolute atomic E-state index is 0.0542. The van der Waals surface area contributed by atoms with Gasteiger partial charge in [0.15, 0.2) is 5.16 Å². The number of aromatic amines is 1. The maximum absolute atomic E-state index is 12.6. The fourth-order valence-corrected chi connectivity index (χ4v) is 3.06. The first-order chi connectivity index (χ1) is 11.3. The normalized spacial score (nSPS) is 11.8. The molecule has 116 valence electrons. The van der Waals surface area contributed by atoms with Crippen LogP contribution in [0.2, 0.25) is 0 Å². The van der Waals surface area contributed by atoms with Gasteiger partial charge in [0.1, 0.15) is 11.6 Å². The van der Waals surface area contributed by atoms with Gasteiger partial charge >= 0.3 is 0 Å². The van der Waals surface area contributed by atoms with E-state index >= 15 is 0 Å². The first kappa shape index (κ1) is 15.3. The van der Waals surface area contributed by atoms with Crippen LogP contribution in [0.5, 0.6) is 0 Å². The monoisotopic (exact) mass is 324 g/mol. The van der Waals surface area contributed by atoms with Crippen LogP contribution >= 0.6 is 11.8 Å². The molecule has 0 fully saturated rings. The van der Waals surface area contributed by atoms with Crippen LogP contribution in [0.15, 0.2) is 72.1 Å². The summed E-state index contributed by atoms with van der Waals surface area (Å²) in [5, 5.41) is 9.85. The Morgan fingerprint density at radius 1 is 1.09 bits per heavy atom. The zero-order valence-electron chi connectivity index (χ0n) is 12.3. The third-order valence-corrected chi connectivity index (χ3v) is 4.41. The molecule has 0 saturated heterocycles. The second kappa shape index (κ2) is 7.60. The minimum Gasteiger partial charge on any atom is -0.351 e. The molecular formula is C17H16N4OS. The van der Waals surface area contributed by atoms with Crippen LogP contribution in [0.25, 0.3) is 0 Å². The number of H-pyrrole nitrogens is 1. The van der Waals surface area contributed by atoms with Gasteiger partial charge in [0.25, 0.3) is 0 Å². The SMILES string of the molecule is O=C(NCc1ccccc1)[C@H](Sc1ncn[nH]1)c1ccccc1. The van der Waals surface area contributed by atoms with Crippen LogP contribution in [0.1, 0.15) is 16.4 Å². The van der Waals surface area contributed by atoms with Crippen LogP contribution in [0.3, 0.4) is 0 Å². The van der Waals surface area contributed by atoms with Gasteiger partial charge in [0, 0.05) is 6.54 Å². The lowest BCUT2D eigenvalue weighted by molar-refractivity contribution is -0.120. The van der Waals surface area contributed by atoms with Gasteiger partial charge in [-0.3, -0.25) is 9.89 Å². The quantitative estimate of drug-likeness (QED) is 0.684.